The first-order chi connectivity index (χ1) is 12.9. The number of Topliss-reactive ketones (excluding diaryl/α,β-unsaturated/α-hetero) is 1. The fourth-order valence-corrected chi connectivity index (χ4v) is 2.92. The van der Waals surface area contributed by atoms with Gasteiger partial charge in [0.2, 0.25) is 0 Å². The molecule has 0 unspecified atom stereocenters. The van der Waals surface area contributed by atoms with Crippen molar-refractivity contribution in [3.8, 4) is 0 Å². The fraction of sp³-hybridized carbons (Fsp3) is 0.158. The summed E-state index contributed by atoms with van der Waals surface area (Å²) in [5.74, 6) is -2.86. The molecular weight excluding hydrogens is 372 g/mol. The molecule has 0 atom stereocenters. The molecule has 0 spiro atoms. The minimum atomic E-state index is -0.807. The number of hydrogen-bond donors (Lipinski definition) is 1. The third kappa shape index (κ3) is 3.98. The Labute approximate surface area is 159 Å². The van der Waals surface area contributed by atoms with Gasteiger partial charge in [-0.2, -0.15) is 0 Å². The van der Waals surface area contributed by atoms with Gasteiger partial charge >= 0.3 is 5.97 Å². The minimum absolute atomic E-state index is 0.238. The second kappa shape index (κ2) is 7.59. The summed E-state index contributed by atoms with van der Waals surface area (Å²) in [7, 11) is 0. The predicted octanol–water partition coefficient (Wildman–Crippen LogP) is 2.36. The van der Waals surface area contributed by atoms with Gasteiger partial charge in [-0.1, -0.05) is 29.8 Å². The highest BCUT2D eigenvalue weighted by Crippen LogP contribution is 2.28. The van der Waals surface area contributed by atoms with Crippen molar-refractivity contribution in [3.63, 3.8) is 0 Å². The molecule has 0 aliphatic carbocycles. The van der Waals surface area contributed by atoms with E-state index in [1.54, 1.807) is 36.4 Å². The molecule has 0 aromatic heterocycles. The van der Waals surface area contributed by atoms with Gasteiger partial charge in [-0.3, -0.25) is 24.1 Å². The summed E-state index contributed by atoms with van der Waals surface area (Å²) in [6, 6.07) is 11.5. The van der Waals surface area contributed by atoms with Gasteiger partial charge in [0.25, 0.3) is 17.6 Å². The number of ether oxygens (including phenoxy) is 1. The van der Waals surface area contributed by atoms with E-state index in [1.807, 2.05) is 6.92 Å². The first-order valence-corrected chi connectivity index (χ1v) is 8.41. The van der Waals surface area contributed by atoms with Gasteiger partial charge in [0, 0.05) is 0 Å². The lowest BCUT2D eigenvalue weighted by molar-refractivity contribution is -0.146. The quantitative estimate of drug-likeness (QED) is 0.629. The molecule has 1 aliphatic heterocycles. The average molecular weight is 387 g/mol. The van der Waals surface area contributed by atoms with E-state index in [2.05, 4.69) is 5.32 Å². The second-order valence-corrected chi connectivity index (χ2v) is 6.34. The van der Waals surface area contributed by atoms with Crippen LogP contribution in [0.4, 0.5) is 11.4 Å². The smallest absolute Gasteiger partial charge is 0.326 e. The molecule has 0 bridgehead atoms. The number of fused-ring (bicyclic) bond motifs is 1. The van der Waals surface area contributed by atoms with Crippen molar-refractivity contribution in [1.29, 1.82) is 0 Å². The fourth-order valence-electron chi connectivity index (χ4n) is 2.63. The molecule has 138 valence electrons. The number of halogens is 1. The van der Waals surface area contributed by atoms with E-state index in [4.69, 9.17) is 16.3 Å². The zero-order chi connectivity index (χ0) is 19.6. The lowest BCUT2D eigenvalue weighted by atomic mass is 10.1. The van der Waals surface area contributed by atoms with Gasteiger partial charge in [0.15, 0.2) is 6.61 Å². The lowest BCUT2D eigenvalue weighted by Crippen LogP contribution is -2.36. The third-order valence-electron chi connectivity index (χ3n) is 3.93. The maximum absolute atomic E-state index is 12.0. The van der Waals surface area contributed by atoms with E-state index in [1.165, 1.54) is 6.07 Å². The van der Waals surface area contributed by atoms with Crippen LogP contribution in [-0.4, -0.2) is 36.7 Å². The third-order valence-corrected chi connectivity index (χ3v) is 4.24. The highest BCUT2D eigenvalue weighted by atomic mass is 35.5. The first kappa shape index (κ1) is 18.6. The second-order valence-electron chi connectivity index (χ2n) is 5.93. The molecule has 2 aromatic carbocycles. The molecule has 1 heterocycles. The average Bonchev–Trinajstić information content (AvgIpc) is 2.88. The van der Waals surface area contributed by atoms with Gasteiger partial charge in [-0.25, -0.2) is 0 Å². The maximum Gasteiger partial charge on any atom is 0.326 e. The summed E-state index contributed by atoms with van der Waals surface area (Å²) in [5, 5.41) is 2.90. The first-order valence-electron chi connectivity index (χ1n) is 8.03. The normalized spacial score (nSPS) is 12.7. The number of rotatable bonds is 5. The zero-order valence-electron chi connectivity index (χ0n) is 14.3. The Morgan fingerprint density at radius 2 is 1.89 bits per heavy atom. The molecule has 1 aliphatic rings. The van der Waals surface area contributed by atoms with Crippen molar-refractivity contribution < 1.29 is 23.9 Å². The molecular formula is C19H15ClN2O5. The standard InChI is InChI=1S/C19H15ClN2O5/c1-11-6-7-14(13(20)8-11)21-16(23)10-27-17(24)9-22-15-5-3-2-4-12(15)18(25)19(22)26/h2-8H,9-10H2,1H3,(H,21,23). The van der Waals surface area contributed by atoms with E-state index in [9.17, 15) is 19.2 Å². The van der Waals surface area contributed by atoms with Crippen LogP contribution >= 0.6 is 11.6 Å². The Hall–Kier alpha value is -3.19. The van der Waals surface area contributed by atoms with Crippen molar-refractivity contribution in [1.82, 2.24) is 0 Å². The van der Waals surface area contributed by atoms with Gasteiger partial charge < -0.3 is 10.1 Å². The van der Waals surface area contributed by atoms with Gasteiger partial charge in [-0.15, -0.1) is 0 Å². The van der Waals surface area contributed by atoms with E-state index in [0.717, 1.165) is 10.5 Å². The number of ketones is 1. The van der Waals surface area contributed by atoms with Crippen LogP contribution in [0.1, 0.15) is 15.9 Å². The number of para-hydroxylation sites is 1. The summed E-state index contributed by atoms with van der Waals surface area (Å²) < 4.78 is 4.90. The van der Waals surface area contributed by atoms with Crippen molar-refractivity contribution in [2.24, 2.45) is 0 Å². The molecule has 0 radical (unpaired) electrons. The maximum atomic E-state index is 12.0. The van der Waals surface area contributed by atoms with Crippen LogP contribution in [0.25, 0.3) is 0 Å². The molecule has 1 N–H and O–H groups in total. The topological polar surface area (TPSA) is 92.8 Å². The number of anilines is 2. The van der Waals surface area contributed by atoms with Crippen LogP contribution in [0.3, 0.4) is 0 Å². The summed E-state index contributed by atoms with van der Waals surface area (Å²) in [5.41, 5.74) is 1.93. The Morgan fingerprint density at radius 3 is 2.63 bits per heavy atom. The molecule has 3 rings (SSSR count). The van der Waals surface area contributed by atoms with Crippen LogP contribution in [0.2, 0.25) is 5.02 Å². The van der Waals surface area contributed by atoms with Crippen LogP contribution in [0.5, 0.6) is 0 Å². The number of nitrogens with zero attached hydrogens (tertiary/aromatic N) is 1. The zero-order valence-corrected chi connectivity index (χ0v) is 15.1. The van der Waals surface area contributed by atoms with Gasteiger partial charge in [0.1, 0.15) is 6.54 Å². The largest absolute Gasteiger partial charge is 0.454 e. The lowest BCUT2D eigenvalue weighted by Gasteiger charge is -2.15. The molecule has 8 heteroatoms. The van der Waals surface area contributed by atoms with Crippen molar-refractivity contribution in [2.45, 2.75) is 6.92 Å². The van der Waals surface area contributed by atoms with Gasteiger partial charge in [-0.05, 0) is 36.8 Å². The number of aryl methyl sites for hydroxylation is 1. The predicted molar refractivity (Wildman–Crippen MR) is 98.9 cm³/mol. The van der Waals surface area contributed by atoms with E-state index in [0.29, 0.717) is 16.4 Å². The van der Waals surface area contributed by atoms with Crippen molar-refractivity contribution in [3.05, 3.63) is 58.6 Å². The van der Waals surface area contributed by atoms with E-state index < -0.39 is 36.7 Å². The molecule has 0 saturated carbocycles. The minimum Gasteiger partial charge on any atom is -0.454 e. The molecule has 27 heavy (non-hydrogen) atoms. The number of hydrogen-bond acceptors (Lipinski definition) is 5. The van der Waals surface area contributed by atoms with Gasteiger partial charge in [0.05, 0.1) is 22.0 Å². The Bertz CT molecular complexity index is 957. The van der Waals surface area contributed by atoms with Crippen LogP contribution < -0.4 is 10.2 Å². The van der Waals surface area contributed by atoms with E-state index in [-0.39, 0.29) is 5.56 Å². The van der Waals surface area contributed by atoms with Crippen LogP contribution in [-0.2, 0) is 19.1 Å². The van der Waals surface area contributed by atoms with Crippen molar-refractivity contribution >= 4 is 46.5 Å². The Kier molecular flexibility index (Phi) is 5.23. The van der Waals surface area contributed by atoms with E-state index >= 15 is 0 Å². The molecule has 2 aromatic rings. The van der Waals surface area contributed by atoms with Crippen LogP contribution in [0, 0.1) is 6.92 Å². The number of amides is 2. The number of benzene rings is 2. The van der Waals surface area contributed by atoms with Crippen molar-refractivity contribution in [2.75, 3.05) is 23.4 Å². The summed E-state index contributed by atoms with van der Waals surface area (Å²) in [6.45, 7) is 0.864. The number of carbonyl (C=O) groups is 4. The SMILES string of the molecule is Cc1ccc(NC(=O)COC(=O)CN2C(=O)C(=O)c3ccccc32)c(Cl)c1. The molecule has 2 amide bonds. The molecule has 7 nitrogen and oxygen atoms in total. The summed E-state index contributed by atoms with van der Waals surface area (Å²) >= 11 is 6.03. The number of carbonyl (C=O) groups excluding carboxylic acids is 4. The molecule has 0 fully saturated rings. The number of esters is 1. The Balaban J connectivity index is 1.56. The van der Waals surface area contributed by atoms with Crippen LogP contribution in [0.15, 0.2) is 42.5 Å². The highest BCUT2D eigenvalue weighted by Gasteiger charge is 2.36. The molecule has 0 saturated heterocycles. The highest BCUT2D eigenvalue weighted by molar-refractivity contribution is 6.52. The number of nitrogens with one attached hydrogen (secondary N) is 1. The Morgan fingerprint density at radius 1 is 1.15 bits per heavy atom. The summed E-state index contributed by atoms with van der Waals surface area (Å²) in [6.07, 6.45) is 0. The summed E-state index contributed by atoms with van der Waals surface area (Å²) in [4.78, 5) is 48.9. The monoisotopic (exact) mass is 386 g/mol.